The molecular formula is C20H26N4O5S. The number of anilines is 1. The maximum atomic E-state index is 12.6. The Morgan fingerprint density at radius 2 is 1.93 bits per heavy atom. The Bertz CT molecular complexity index is 899. The van der Waals surface area contributed by atoms with Gasteiger partial charge in [-0.25, -0.2) is 9.78 Å². The van der Waals surface area contributed by atoms with Crippen LogP contribution in [0.15, 0.2) is 22.1 Å². The van der Waals surface area contributed by atoms with E-state index in [-0.39, 0.29) is 30.2 Å². The van der Waals surface area contributed by atoms with E-state index in [0.29, 0.717) is 54.9 Å². The Labute approximate surface area is 179 Å². The molecule has 1 aliphatic heterocycles. The van der Waals surface area contributed by atoms with Crippen LogP contribution in [-0.2, 0) is 16.0 Å². The first kappa shape index (κ1) is 21.8. The van der Waals surface area contributed by atoms with Gasteiger partial charge in [-0.05, 0) is 18.9 Å². The van der Waals surface area contributed by atoms with Crippen molar-refractivity contribution in [2.75, 3.05) is 38.1 Å². The standard InChI is InChI=1S/C20H26N4O5S/c1-13(2)11-29-20(27)24-7-5-23(6-8-24)17(25)10-15-12-30-19(21-15)22-18(26)16-4-9-28-14(16)3/h4,9,12-13H,5-8,10-11H2,1-3H3,(H,21,22,26). The van der Waals surface area contributed by atoms with Crippen LogP contribution in [0.5, 0.6) is 0 Å². The fourth-order valence-electron chi connectivity index (χ4n) is 2.96. The zero-order chi connectivity index (χ0) is 21.7. The minimum atomic E-state index is -0.330. The predicted octanol–water partition coefficient (Wildman–Crippen LogP) is 2.78. The van der Waals surface area contributed by atoms with Gasteiger partial charge in [0.05, 0.1) is 30.5 Å². The van der Waals surface area contributed by atoms with Crippen LogP contribution >= 0.6 is 11.3 Å². The van der Waals surface area contributed by atoms with Gasteiger partial charge in [0.25, 0.3) is 5.91 Å². The highest BCUT2D eigenvalue weighted by molar-refractivity contribution is 7.14. The number of hydrogen-bond donors (Lipinski definition) is 1. The summed E-state index contributed by atoms with van der Waals surface area (Å²) in [5, 5.41) is 4.91. The molecule has 1 fully saturated rings. The number of thiazole rings is 1. The van der Waals surface area contributed by atoms with E-state index in [0.717, 1.165) is 0 Å². The summed E-state index contributed by atoms with van der Waals surface area (Å²) in [5.41, 5.74) is 1.05. The molecule has 0 aromatic carbocycles. The van der Waals surface area contributed by atoms with Crippen LogP contribution in [0.25, 0.3) is 0 Å². The Kier molecular flexibility index (Phi) is 7.09. The van der Waals surface area contributed by atoms with Gasteiger partial charge in [0.2, 0.25) is 5.91 Å². The normalized spacial score (nSPS) is 14.1. The van der Waals surface area contributed by atoms with Gasteiger partial charge in [-0.3, -0.25) is 14.9 Å². The van der Waals surface area contributed by atoms with Crippen LogP contribution in [-0.4, -0.2) is 65.5 Å². The summed E-state index contributed by atoms with van der Waals surface area (Å²) < 4.78 is 10.4. The molecule has 2 aromatic rings. The van der Waals surface area contributed by atoms with Gasteiger partial charge >= 0.3 is 6.09 Å². The first-order valence-electron chi connectivity index (χ1n) is 9.82. The van der Waals surface area contributed by atoms with E-state index < -0.39 is 0 Å². The van der Waals surface area contributed by atoms with Crippen LogP contribution in [0.2, 0.25) is 0 Å². The third-order valence-electron chi connectivity index (χ3n) is 4.64. The van der Waals surface area contributed by atoms with E-state index in [1.807, 2.05) is 13.8 Å². The highest BCUT2D eigenvalue weighted by Gasteiger charge is 2.25. The fraction of sp³-hybridized carbons (Fsp3) is 0.500. The number of amides is 3. The number of aryl methyl sites for hydroxylation is 1. The summed E-state index contributed by atoms with van der Waals surface area (Å²) >= 11 is 1.27. The van der Waals surface area contributed by atoms with Crippen molar-refractivity contribution >= 4 is 34.4 Å². The van der Waals surface area contributed by atoms with Crippen molar-refractivity contribution in [2.45, 2.75) is 27.2 Å². The van der Waals surface area contributed by atoms with Crippen molar-refractivity contribution in [3.05, 3.63) is 34.7 Å². The lowest BCUT2D eigenvalue weighted by Gasteiger charge is -2.34. The van der Waals surface area contributed by atoms with Crippen LogP contribution in [0.1, 0.15) is 35.7 Å². The second kappa shape index (κ2) is 9.75. The molecule has 0 unspecified atom stereocenters. The maximum absolute atomic E-state index is 12.6. The average Bonchev–Trinajstić information content (AvgIpc) is 3.34. The summed E-state index contributed by atoms with van der Waals surface area (Å²) in [6.45, 7) is 7.89. The number of furan rings is 1. The number of piperazine rings is 1. The number of carbonyl (C=O) groups is 3. The molecule has 3 rings (SSSR count). The van der Waals surface area contributed by atoms with Gasteiger partial charge in [-0.1, -0.05) is 13.8 Å². The van der Waals surface area contributed by atoms with Crippen molar-refractivity contribution in [3.63, 3.8) is 0 Å². The highest BCUT2D eigenvalue weighted by Crippen LogP contribution is 2.19. The highest BCUT2D eigenvalue weighted by atomic mass is 32.1. The molecule has 9 nitrogen and oxygen atoms in total. The maximum Gasteiger partial charge on any atom is 0.409 e. The van der Waals surface area contributed by atoms with Gasteiger partial charge in [0.1, 0.15) is 5.76 Å². The topological polar surface area (TPSA) is 105 Å². The largest absolute Gasteiger partial charge is 0.469 e. The van der Waals surface area contributed by atoms with E-state index >= 15 is 0 Å². The third kappa shape index (κ3) is 5.59. The summed E-state index contributed by atoms with van der Waals surface area (Å²) in [7, 11) is 0. The number of aromatic nitrogens is 1. The van der Waals surface area contributed by atoms with Crippen molar-refractivity contribution in [1.82, 2.24) is 14.8 Å². The van der Waals surface area contributed by atoms with Gasteiger partial charge < -0.3 is 19.0 Å². The van der Waals surface area contributed by atoms with Crippen molar-refractivity contribution in [1.29, 1.82) is 0 Å². The van der Waals surface area contributed by atoms with E-state index in [9.17, 15) is 14.4 Å². The molecule has 1 saturated heterocycles. The van der Waals surface area contributed by atoms with Gasteiger partial charge in [0, 0.05) is 31.6 Å². The molecule has 1 aliphatic rings. The molecule has 10 heteroatoms. The second-order valence-electron chi connectivity index (χ2n) is 7.50. The van der Waals surface area contributed by atoms with E-state index in [4.69, 9.17) is 9.15 Å². The molecule has 3 amide bonds. The minimum Gasteiger partial charge on any atom is -0.469 e. The lowest BCUT2D eigenvalue weighted by atomic mass is 10.2. The Morgan fingerprint density at radius 1 is 1.23 bits per heavy atom. The number of carbonyl (C=O) groups excluding carboxylic acids is 3. The Balaban J connectivity index is 1.46. The van der Waals surface area contributed by atoms with Crippen molar-refractivity contribution in [3.8, 4) is 0 Å². The van der Waals surface area contributed by atoms with Crippen LogP contribution < -0.4 is 5.32 Å². The first-order valence-corrected chi connectivity index (χ1v) is 10.7. The van der Waals surface area contributed by atoms with Crippen LogP contribution in [0.4, 0.5) is 9.93 Å². The van der Waals surface area contributed by atoms with Crippen LogP contribution in [0, 0.1) is 12.8 Å². The second-order valence-corrected chi connectivity index (χ2v) is 8.36. The third-order valence-corrected chi connectivity index (χ3v) is 5.45. The summed E-state index contributed by atoms with van der Waals surface area (Å²) in [4.78, 5) is 44.5. The smallest absolute Gasteiger partial charge is 0.409 e. The summed E-state index contributed by atoms with van der Waals surface area (Å²) in [6.07, 6.45) is 1.28. The lowest BCUT2D eigenvalue weighted by molar-refractivity contribution is -0.132. The molecule has 0 saturated carbocycles. The van der Waals surface area contributed by atoms with Gasteiger partial charge in [-0.15, -0.1) is 11.3 Å². The molecular weight excluding hydrogens is 408 g/mol. The average molecular weight is 435 g/mol. The minimum absolute atomic E-state index is 0.0564. The number of ether oxygens (including phenoxy) is 1. The molecule has 0 aliphatic carbocycles. The molecule has 3 heterocycles. The fourth-order valence-corrected chi connectivity index (χ4v) is 3.67. The van der Waals surface area contributed by atoms with E-state index in [2.05, 4.69) is 10.3 Å². The SMILES string of the molecule is Cc1occc1C(=O)Nc1nc(CC(=O)N2CCN(C(=O)OCC(C)C)CC2)cs1. The Hall–Kier alpha value is -2.88. The van der Waals surface area contributed by atoms with Crippen molar-refractivity contribution < 1.29 is 23.5 Å². The summed E-state index contributed by atoms with van der Waals surface area (Å²) in [5.74, 6) is 0.466. The first-order chi connectivity index (χ1) is 14.3. The number of nitrogens with one attached hydrogen (secondary N) is 1. The molecule has 0 atom stereocenters. The van der Waals surface area contributed by atoms with Gasteiger partial charge in [0.15, 0.2) is 5.13 Å². The summed E-state index contributed by atoms with van der Waals surface area (Å²) in [6, 6.07) is 1.60. The molecule has 1 N–H and O–H groups in total. The molecule has 0 bridgehead atoms. The predicted molar refractivity (Wildman–Crippen MR) is 112 cm³/mol. The van der Waals surface area contributed by atoms with Gasteiger partial charge in [-0.2, -0.15) is 0 Å². The number of nitrogens with zero attached hydrogens (tertiary/aromatic N) is 3. The zero-order valence-electron chi connectivity index (χ0n) is 17.3. The van der Waals surface area contributed by atoms with E-state index in [1.54, 1.807) is 28.2 Å². The van der Waals surface area contributed by atoms with E-state index in [1.165, 1.54) is 17.6 Å². The van der Waals surface area contributed by atoms with Crippen LogP contribution in [0.3, 0.4) is 0 Å². The van der Waals surface area contributed by atoms with Crippen molar-refractivity contribution in [2.24, 2.45) is 5.92 Å². The molecule has 2 aromatic heterocycles. The Morgan fingerprint density at radius 3 is 2.57 bits per heavy atom. The molecule has 0 radical (unpaired) electrons. The quantitative estimate of drug-likeness (QED) is 0.750. The molecule has 30 heavy (non-hydrogen) atoms. The number of hydrogen-bond acceptors (Lipinski definition) is 7. The molecule has 162 valence electrons. The monoisotopic (exact) mass is 434 g/mol. The zero-order valence-corrected chi connectivity index (χ0v) is 18.2. The lowest BCUT2D eigenvalue weighted by Crippen LogP contribution is -2.51. The number of rotatable bonds is 6. The molecule has 0 spiro atoms.